The third-order valence-electron chi connectivity index (χ3n) is 3.09. The van der Waals surface area contributed by atoms with Gasteiger partial charge in [-0.2, -0.15) is 0 Å². The van der Waals surface area contributed by atoms with Crippen LogP contribution in [0.4, 0.5) is 4.39 Å². The van der Waals surface area contributed by atoms with Crippen LogP contribution in [0.2, 0.25) is 0 Å². The Bertz CT molecular complexity index is 524. The molecule has 19 heavy (non-hydrogen) atoms. The largest absolute Gasteiger partial charge is 0.329 e. The second-order valence-electron chi connectivity index (χ2n) is 4.58. The van der Waals surface area contributed by atoms with E-state index in [0.717, 1.165) is 22.8 Å². The van der Waals surface area contributed by atoms with Crippen molar-refractivity contribution >= 4 is 11.3 Å². The first-order valence-electron chi connectivity index (χ1n) is 6.17. The van der Waals surface area contributed by atoms with E-state index in [9.17, 15) is 4.39 Å². The minimum Gasteiger partial charge on any atom is -0.329 e. The molecular formula is C14H18FN3S. The molecule has 1 atom stereocenters. The maximum absolute atomic E-state index is 13.0. The van der Waals surface area contributed by atoms with E-state index in [0.29, 0.717) is 6.54 Å². The molecule has 0 spiro atoms. The van der Waals surface area contributed by atoms with E-state index < -0.39 is 0 Å². The molecule has 3 nitrogen and oxygen atoms in total. The van der Waals surface area contributed by atoms with Gasteiger partial charge in [0.2, 0.25) is 0 Å². The zero-order valence-corrected chi connectivity index (χ0v) is 12.0. The Morgan fingerprint density at radius 1 is 1.37 bits per heavy atom. The summed E-state index contributed by atoms with van der Waals surface area (Å²) in [7, 11) is 2.01. The van der Waals surface area contributed by atoms with Crippen LogP contribution in [-0.4, -0.2) is 23.5 Å². The number of hydrogen-bond acceptors (Lipinski definition) is 4. The van der Waals surface area contributed by atoms with Gasteiger partial charge >= 0.3 is 0 Å². The minimum atomic E-state index is -0.225. The van der Waals surface area contributed by atoms with E-state index in [1.54, 1.807) is 23.5 Å². The van der Waals surface area contributed by atoms with Crippen LogP contribution >= 0.6 is 11.3 Å². The first-order valence-corrected chi connectivity index (χ1v) is 7.05. The normalized spacial score (nSPS) is 12.9. The third-order valence-corrected chi connectivity index (χ3v) is 3.91. The van der Waals surface area contributed by atoms with Crippen molar-refractivity contribution in [3.05, 3.63) is 51.7 Å². The van der Waals surface area contributed by atoms with Gasteiger partial charge < -0.3 is 5.73 Å². The fraction of sp³-hybridized carbons (Fsp3) is 0.357. The lowest BCUT2D eigenvalue weighted by molar-refractivity contribution is 0.239. The van der Waals surface area contributed by atoms with Crippen LogP contribution in [0.5, 0.6) is 0 Å². The molecule has 2 aromatic rings. The maximum atomic E-state index is 13.0. The average Bonchev–Trinajstić information content (AvgIpc) is 2.78. The van der Waals surface area contributed by atoms with Gasteiger partial charge in [0.1, 0.15) is 5.82 Å². The summed E-state index contributed by atoms with van der Waals surface area (Å²) < 4.78 is 13.0. The SMILES string of the molecule is Cc1nc(CN(C)C(CN)c2ccc(F)cc2)cs1. The first kappa shape index (κ1) is 14.1. The van der Waals surface area contributed by atoms with Gasteiger partial charge in [0.25, 0.3) is 0 Å². The van der Waals surface area contributed by atoms with Crippen molar-refractivity contribution in [2.24, 2.45) is 5.73 Å². The lowest BCUT2D eigenvalue weighted by Gasteiger charge is -2.26. The van der Waals surface area contributed by atoms with Gasteiger partial charge in [0.15, 0.2) is 0 Å². The number of rotatable bonds is 5. The second kappa shape index (κ2) is 6.23. The molecule has 5 heteroatoms. The van der Waals surface area contributed by atoms with Gasteiger partial charge in [-0.25, -0.2) is 9.37 Å². The van der Waals surface area contributed by atoms with Gasteiger partial charge in [0, 0.05) is 24.5 Å². The fourth-order valence-electron chi connectivity index (χ4n) is 2.10. The molecule has 2 rings (SSSR count). The van der Waals surface area contributed by atoms with Crippen molar-refractivity contribution < 1.29 is 4.39 Å². The van der Waals surface area contributed by atoms with Crippen LogP contribution in [0.25, 0.3) is 0 Å². The zero-order chi connectivity index (χ0) is 13.8. The van der Waals surface area contributed by atoms with Crippen LogP contribution in [0, 0.1) is 12.7 Å². The molecule has 1 unspecified atom stereocenters. The van der Waals surface area contributed by atoms with Gasteiger partial charge in [-0.3, -0.25) is 4.90 Å². The second-order valence-corrected chi connectivity index (χ2v) is 5.64. The smallest absolute Gasteiger partial charge is 0.123 e. The van der Waals surface area contributed by atoms with Crippen molar-refractivity contribution in [2.45, 2.75) is 19.5 Å². The van der Waals surface area contributed by atoms with Crippen molar-refractivity contribution in [3.8, 4) is 0 Å². The zero-order valence-electron chi connectivity index (χ0n) is 11.1. The maximum Gasteiger partial charge on any atom is 0.123 e. The van der Waals surface area contributed by atoms with Crippen LogP contribution in [0.15, 0.2) is 29.6 Å². The summed E-state index contributed by atoms with van der Waals surface area (Å²) in [5.41, 5.74) is 7.92. The van der Waals surface area contributed by atoms with E-state index in [2.05, 4.69) is 15.3 Å². The molecule has 1 aromatic heterocycles. The van der Waals surface area contributed by atoms with Gasteiger partial charge in [-0.15, -0.1) is 11.3 Å². The predicted octanol–water partition coefficient (Wildman–Crippen LogP) is 2.72. The minimum absolute atomic E-state index is 0.0719. The Morgan fingerprint density at radius 2 is 2.05 bits per heavy atom. The molecule has 2 N–H and O–H groups in total. The van der Waals surface area contributed by atoms with E-state index in [-0.39, 0.29) is 11.9 Å². The molecule has 0 fully saturated rings. The highest BCUT2D eigenvalue weighted by Gasteiger charge is 2.16. The molecule has 0 aliphatic rings. The quantitative estimate of drug-likeness (QED) is 0.915. The number of nitrogens with two attached hydrogens (primary N) is 1. The summed E-state index contributed by atoms with van der Waals surface area (Å²) in [6, 6.07) is 6.59. The van der Waals surface area contributed by atoms with E-state index >= 15 is 0 Å². The standard InChI is InChI=1S/C14H18FN3S/c1-10-17-13(9-19-10)8-18(2)14(7-16)11-3-5-12(15)6-4-11/h3-6,9,14H,7-8,16H2,1-2H3. The lowest BCUT2D eigenvalue weighted by atomic mass is 10.1. The third kappa shape index (κ3) is 3.59. The Balaban J connectivity index is 2.10. The first-order chi connectivity index (χ1) is 9.10. The van der Waals surface area contributed by atoms with Gasteiger partial charge in [-0.1, -0.05) is 12.1 Å². The average molecular weight is 279 g/mol. The summed E-state index contributed by atoms with van der Waals surface area (Å²) in [5.74, 6) is -0.225. The summed E-state index contributed by atoms with van der Waals surface area (Å²) in [6.07, 6.45) is 0. The topological polar surface area (TPSA) is 42.2 Å². The van der Waals surface area contributed by atoms with Crippen molar-refractivity contribution in [1.29, 1.82) is 0 Å². The van der Waals surface area contributed by atoms with Crippen LogP contribution < -0.4 is 5.73 Å². The number of likely N-dealkylation sites (N-methyl/N-ethyl adjacent to an activating group) is 1. The molecule has 0 radical (unpaired) electrons. The van der Waals surface area contributed by atoms with Crippen LogP contribution in [0.3, 0.4) is 0 Å². The summed E-state index contributed by atoms with van der Waals surface area (Å²) in [5, 5.41) is 3.12. The monoisotopic (exact) mass is 279 g/mol. The van der Waals surface area contributed by atoms with Crippen molar-refractivity contribution in [2.75, 3.05) is 13.6 Å². The number of halogens is 1. The van der Waals surface area contributed by atoms with Crippen molar-refractivity contribution in [1.82, 2.24) is 9.88 Å². The number of aryl methyl sites for hydroxylation is 1. The molecule has 0 aliphatic carbocycles. The highest BCUT2D eigenvalue weighted by Crippen LogP contribution is 2.21. The number of nitrogens with zero attached hydrogens (tertiary/aromatic N) is 2. The fourth-order valence-corrected chi connectivity index (χ4v) is 2.71. The summed E-state index contributed by atoms with van der Waals surface area (Å²) in [4.78, 5) is 6.59. The number of aromatic nitrogens is 1. The van der Waals surface area contributed by atoms with Crippen LogP contribution in [-0.2, 0) is 6.54 Å². The molecule has 1 aromatic carbocycles. The Morgan fingerprint density at radius 3 is 2.58 bits per heavy atom. The Hall–Kier alpha value is -1.30. The Labute approximate surface area is 116 Å². The molecule has 0 aliphatic heterocycles. The molecule has 0 saturated heterocycles. The Kier molecular flexibility index (Phi) is 4.63. The summed E-state index contributed by atoms with van der Waals surface area (Å²) in [6.45, 7) is 3.23. The number of benzene rings is 1. The molecule has 0 saturated carbocycles. The molecule has 1 heterocycles. The lowest BCUT2D eigenvalue weighted by Crippen LogP contribution is -2.30. The van der Waals surface area contributed by atoms with Crippen LogP contribution in [0.1, 0.15) is 22.3 Å². The molecule has 0 bridgehead atoms. The highest BCUT2D eigenvalue weighted by atomic mass is 32.1. The number of hydrogen-bond donors (Lipinski definition) is 1. The van der Waals surface area contributed by atoms with Crippen molar-refractivity contribution in [3.63, 3.8) is 0 Å². The molecular weight excluding hydrogens is 261 g/mol. The molecule has 102 valence electrons. The van der Waals surface area contributed by atoms with E-state index in [1.807, 2.05) is 14.0 Å². The number of thiazole rings is 1. The van der Waals surface area contributed by atoms with Gasteiger partial charge in [0.05, 0.1) is 10.7 Å². The summed E-state index contributed by atoms with van der Waals surface area (Å²) >= 11 is 1.64. The molecule has 0 amide bonds. The van der Waals surface area contributed by atoms with E-state index in [1.165, 1.54) is 12.1 Å². The van der Waals surface area contributed by atoms with Gasteiger partial charge in [-0.05, 0) is 31.7 Å². The highest BCUT2D eigenvalue weighted by molar-refractivity contribution is 7.09. The predicted molar refractivity (Wildman–Crippen MR) is 76.5 cm³/mol. The van der Waals surface area contributed by atoms with E-state index in [4.69, 9.17) is 5.73 Å².